The molecule has 1 N–H and O–H groups in total. The minimum Gasteiger partial charge on any atom is -0.325 e. The second-order valence-electron chi connectivity index (χ2n) is 6.84. The fourth-order valence-electron chi connectivity index (χ4n) is 2.70. The monoisotopic (exact) mass is 421 g/mol. The van der Waals surface area contributed by atoms with Crippen LogP contribution in [0.25, 0.3) is 0 Å². The zero-order chi connectivity index (χ0) is 20.9. The summed E-state index contributed by atoms with van der Waals surface area (Å²) in [4.78, 5) is 15.7. The van der Waals surface area contributed by atoms with Gasteiger partial charge in [-0.15, -0.1) is 11.8 Å². The molecular formula is C20H27N3O3S2. The van der Waals surface area contributed by atoms with Gasteiger partial charge >= 0.3 is 0 Å². The van der Waals surface area contributed by atoms with Gasteiger partial charge in [0.15, 0.2) is 0 Å². The molecule has 1 amide bonds. The lowest BCUT2D eigenvalue weighted by atomic mass is 10.2. The third-order valence-electron chi connectivity index (χ3n) is 4.26. The Morgan fingerprint density at radius 1 is 1.07 bits per heavy atom. The minimum absolute atomic E-state index is 0.192. The van der Waals surface area contributed by atoms with Crippen molar-refractivity contribution in [1.29, 1.82) is 0 Å². The average Bonchev–Trinajstić information content (AvgIpc) is 2.63. The molecule has 6 nitrogen and oxygen atoms in total. The van der Waals surface area contributed by atoms with Gasteiger partial charge in [0.2, 0.25) is 15.9 Å². The Hall–Kier alpha value is -1.87. The molecule has 0 aliphatic carbocycles. The number of aryl methyl sites for hydroxylation is 1. The first-order valence-electron chi connectivity index (χ1n) is 8.78. The number of nitrogens with one attached hydrogen (secondary N) is 1. The Bertz CT molecular complexity index is 926. The van der Waals surface area contributed by atoms with Gasteiger partial charge < -0.3 is 5.32 Å². The molecule has 0 aliphatic heterocycles. The summed E-state index contributed by atoms with van der Waals surface area (Å²) in [5, 5.41) is 2.79. The smallest absolute Gasteiger partial charge is 0.242 e. The number of rotatable bonds is 8. The Balaban J connectivity index is 2.02. The first kappa shape index (κ1) is 22.4. The van der Waals surface area contributed by atoms with Crippen LogP contribution in [0.15, 0.2) is 52.3 Å². The molecule has 0 heterocycles. The van der Waals surface area contributed by atoms with Gasteiger partial charge in [-0.05, 0) is 55.6 Å². The van der Waals surface area contributed by atoms with Crippen molar-refractivity contribution in [2.75, 3.05) is 39.3 Å². The first-order valence-corrected chi connectivity index (χ1v) is 11.4. The molecule has 0 radical (unpaired) electrons. The standard InChI is InChI=1S/C20H27N3O3S2/c1-15-6-9-17(12-19(15)28(25,26)22(2)3)21-20(24)14-23(4)13-16-7-10-18(27-5)11-8-16/h6-12H,13-14H2,1-5H3,(H,21,24). The van der Waals surface area contributed by atoms with E-state index < -0.39 is 10.0 Å². The van der Waals surface area contributed by atoms with E-state index in [0.29, 0.717) is 17.8 Å². The second-order valence-corrected chi connectivity index (χ2v) is 9.84. The third-order valence-corrected chi connectivity index (χ3v) is 6.96. The summed E-state index contributed by atoms with van der Waals surface area (Å²) in [5.74, 6) is -0.194. The summed E-state index contributed by atoms with van der Waals surface area (Å²) in [6.07, 6.45) is 2.03. The van der Waals surface area contributed by atoms with E-state index in [1.807, 2.05) is 18.2 Å². The van der Waals surface area contributed by atoms with E-state index in [1.54, 1.807) is 30.8 Å². The molecule has 2 aromatic rings. The van der Waals surface area contributed by atoms with Crippen molar-refractivity contribution < 1.29 is 13.2 Å². The van der Waals surface area contributed by atoms with E-state index in [1.165, 1.54) is 25.1 Å². The maximum Gasteiger partial charge on any atom is 0.242 e. The number of carbonyl (C=O) groups is 1. The van der Waals surface area contributed by atoms with Crippen molar-refractivity contribution in [2.45, 2.75) is 23.3 Å². The zero-order valence-corrected chi connectivity index (χ0v) is 18.5. The number of nitrogens with zero attached hydrogens (tertiary/aromatic N) is 2. The van der Waals surface area contributed by atoms with E-state index in [4.69, 9.17) is 0 Å². The molecule has 0 fully saturated rings. The van der Waals surface area contributed by atoms with E-state index in [9.17, 15) is 13.2 Å². The number of likely N-dealkylation sites (N-methyl/N-ethyl adjacent to an activating group) is 1. The molecule has 0 spiro atoms. The second kappa shape index (κ2) is 9.56. The van der Waals surface area contributed by atoms with Gasteiger partial charge in [0.25, 0.3) is 0 Å². The van der Waals surface area contributed by atoms with Crippen molar-refractivity contribution in [3.63, 3.8) is 0 Å². The molecule has 2 rings (SSSR count). The van der Waals surface area contributed by atoms with E-state index >= 15 is 0 Å². The number of sulfonamides is 1. The minimum atomic E-state index is -3.57. The van der Waals surface area contributed by atoms with Gasteiger partial charge in [-0.3, -0.25) is 9.69 Å². The van der Waals surface area contributed by atoms with Crippen molar-refractivity contribution in [2.24, 2.45) is 0 Å². The number of carbonyl (C=O) groups excluding carboxylic acids is 1. The molecule has 2 aromatic carbocycles. The number of benzene rings is 2. The first-order chi connectivity index (χ1) is 13.1. The van der Waals surface area contributed by atoms with Crippen molar-refractivity contribution in [3.8, 4) is 0 Å². The van der Waals surface area contributed by atoms with Gasteiger partial charge in [0, 0.05) is 31.2 Å². The molecule has 0 bridgehead atoms. The normalized spacial score (nSPS) is 11.8. The highest BCUT2D eigenvalue weighted by Gasteiger charge is 2.20. The number of thioether (sulfide) groups is 1. The van der Waals surface area contributed by atoms with E-state index in [-0.39, 0.29) is 17.3 Å². The van der Waals surface area contributed by atoms with Crippen molar-refractivity contribution >= 4 is 33.4 Å². The third kappa shape index (κ3) is 5.81. The Labute approximate surface area is 172 Å². The summed E-state index contributed by atoms with van der Waals surface area (Å²) in [6, 6.07) is 13.1. The fraction of sp³-hybridized carbons (Fsp3) is 0.350. The van der Waals surface area contributed by atoms with Gasteiger partial charge in [-0.1, -0.05) is 18.2 Å². The molecule has 0 saturated carbocycles. The quantitative estimate of drug-likeness (QED) is 0.664. The largest absolute Gasteiger partial charge is 0.325 e. The Morgan fingerprint density at radius 3 is 2.29 bits per heavy atom. The van der Waals surface area contributed by atoms with Gasteiger partial charge in [-0.25, -0.2) is 12.7 Å². The number of hydrogen-bond donors (Lipinski definition) is 1. The van der Waals surface area contributed by atoms with E-state index in [2.05, 4.69) is 29.6 Å². The summed E-state index contributed by atoms with van der Waals surface area (Å²) in [7, 11) is 1.28. The number of anilines is 1. The van der Waals surface area contributed by atoms with Crippen LogP contribution in [0.3, 0.4) is 0 Å². The van der Waals surface area contributed by atoms with Crippen LogP contribution in [-0.2, 0) is 21.4 Å². The predicted octanol–water partition coefficient (Wildman–Crippen LogP) is 3.04. The van der Waals surface area contributed by atoms with Crippen LogP contribution in [0.4, 0.5) is 5.69 Å². The van der Waals surface area contributed by atoms with Crippen LogP contribution in [0.2, 0.25) is 0 Å². The van der Waals surface area contributed by atoms with Gasteiger partial charge in [-0.2, -0.15) is 0 Å². The predicted molar refractivity (Wildman–Crippen MR) is 115 cm³/mol. The van der Waals surface area contributed by atoms with Crippen LogP contribution in [0, 0.1) is 6.92 Å². The molecule has 0 aromatic heterocycles. The fourth-order valence-corrected chi connectivity index (χ4v) is 4.25. The zero-order valence-electron chi connectivity index (χ0n) is 16.9. The topological polar surface area (TPSA) is 69.7 Å². The lowest BCUT2D eigenvalue weighted by Gasteiger charge is -2.18. The van der Waals surface area contributed by atoms with Gasteiger partial charge in [0.1, 0.15) is 0 Å². The summed E-state index contributed by atoms with van der Waals surface area (Å²) < 4.78 is 26.0. The lowest BCUT2D eigenvalue weighted by Crippen LogP contribution is -2.30. The summed E-state index contributed by atoms with van der Waals surface area (Å²) in [5.41, 5.74) is 2.23. The van der Waals surface area contributed by atoms with Gasteiger partial charge in [0.05, 0.1) is 11.4 Å². The molecule has 0 saturated heterocycles. The lowest BCUT2D eigenvalue weighted by molar-refractivity contribution is -0.117. The van der Waals surface area contributed by atoms with E-state index in [0.717, 1.165) is 9.87 Å². The molecule has 28 heavy (non-hydrogen) atoms. The summed E-state index contributed by atoms with van der Waals surface area (Å²) >= 11 is 1.69. The molecule has 0 unspecified atom stereocenters. The highest BCUT2D eigenvalue weighted by Crippen LogP contribution is 2.22. The maximum atomic E-state index is 12.4. The van der Waals surface area contributed by atoms with Crippen LogP contribution in [-0.4, -0.2) is 57.5 Å². The highest BCUT2D eigenvalue weighted by atomic mass is 32.2. The molecular weight excluding hydrogens is 394 g/mol. The Kier molecular flexibility index (Phi) is 7.65. The molecule has 0 aliphatic rings. The highest BCUT2D eigenvalue weighted by molar-refractivity contribution is 7.98. The summed E-state index contributed by atoms with van der Waals surface area (Å²) in [6.45, 7) is 2.59. The van der Waals surface area contributed by atoms with Crippen LogP contribution in [0.5, 0.6) is 0 Å². The Morgan fingerprint density at radius 2 is 1.71 bits per heavy atom. The molecule has 152 valence electrons. The van der Waals surface area contributed by atoms with Crippen LogP contribution >= 0.6 is 11.8 Å². The van der Waals surface area contributed by atoms with Crippen molar-refractivity contribution in [3.05, 3.63) is 53.6 Å². The SMILES string of the molecule is CSc1ccc(CN(C)CC(=O)Nc2ccc(C)c(S(=O)(=O)N(C)C)c2)cc1. The van der Waals surface area contributed by atoms with Crippen molar-refractivity contribution in [1.82, 2.24) is 9.21 Å². The maximum absolute atomic E-state index is 12.4. The van der Waals surface area contributed by atoms with Crippen LogP contribution in [0.1, 0.15) is 11.1 Å². The van der Waals surface area contributed by atoms with Crippen LogP contribution < -0.4 is 5.32 Å². The molecule has 0 atom stereocenters. The number of hydrogen-bond acceptors (Lipinski definition) is 5. The average molecular weight is 422 g/mol. The molecule has 8 heteroatoms. The number of amides is 1.